The highest BCUT2D eigenvalue weighted by atomic mass is 32.2. The molecule has 0 aromatic heterocycles. The van der Waals surface area contributed by atoms with Crippen molar-refractivity contribution in [3.8, 4) is 0 Å². The van der Waals surface area contributed by atoms with Crippen LogP contribution in [0.5, 0.6) is 0 Å². The molecule has 0 spiro atoms. The summed E-state index contributed by atoms with van der Waals surface area (Å²) in [4.78, 5) is 0. The van der Waals surface area contributed by atoms with Crippen molar-refractivity contribution in [3.05, 3.63) is 42.0 Å². The van der Waals surface area contributed by atoms with Crippen LogP contribution in [0.15, 0.2) is 36.4 Å². The summed E-state index contributed by atoms with van der Waals surface area (Å²) in [5, 5.41) is 0. The molecule has 1 saturated heterocycles. The average molecular weight is 249 g/mol. The zero-order chi connectivity index (χ0) is 12.5. The van der Waals surface area contributed by atoms with E-state index in [9.17, 15) is 4.21 Å². The summed E-state index contributed by atoms with van der Waals surface area (Å²) >= 11 is 0. The Kier molecular flexibility index (Phi) is 3.50. The molecule has 0 bridgehead atoms. The van der Waals surface area contributed by atoms with Crippen LogP contribution in [0.2, 0.25) is 0 Å². The van der Waals surface area contributed by atoms with Crippen molar-refractivity contribution >= 4 is 17.1 Å². The van der Waals surface area contributed by atoms with Crippen LogP contribution in [0.25, 0.3) is 6.08 Å². The first-order valence-corrected chi connectivity index (χ1v) is 7.01. The van der Waals surface area contributed by atoms with E-state index in [4.69, 9.17) is 0 Å². The molecule has 1 aliphatic rings. The van der Waals surface area contributed by atoms with Crippen LogP contribution < -0.4 is 0 Å². The first kappa shape index (κ1) is 12.5. The molecular formula is C14H19NOS. The van der Waals surface area contributed by atoms with Crippen LogP contribution >= 0.6 is 0 Å². The second kappa shape index (κ2) is 4.75. The number of hydrogen-bond acceptors (Lipinski definition) is 1. The fourth-order valence-electron chi connectivity index (χ4n) is 1.62. The molecule has 1 aromatic rings. The summed E-state index contributed by atoms with van der Waals surface area (Å²) < 4.78 is 13.9. The zero-order valence-electron chi connectivity index (χ0n) is 10.6. The van der Waals surface area contributed by atoms with Crippen LogP contribution in [-0.2, 0) is 11.0 Å². The van der Waals surface area contributed by atoms with E-state index in [1.807, 2.05) is 43.3 Å². The maximum absolute atomic E-state index is 12.1. The van der Waals surface area contributed by atoms with Gasteiger partial charge in [0.2, 0.25) is 0 Å². The average Bonchev–Trinajstić information content (AvgIpc) is 3.05. The molecule has 1 unspecified atom stereocenters. The van der Waals surface area contributed by atoms with E-state index in [2.05, 4.69) is 24.3 Å². The maximum atomic E-state index is 12.1. The number of nitrogens with zero attached hydrogens (tertiary/aromatic N) is 1. The molecule has 2 rings (SSSR count). The van der Waals surface area contributed by atoms with E-state index >= 15 is 0 Å². The van der Waals surface area contributed by atoms with Gasteiger partial charge in [0.15, 0.2) is 0 Å². The van der Waals surface area contributed by atoms with Gasteiger partial charge in [-0.25, -0.2) is 8.51 Å². The minimum absolute atomic E-state index is 0.157. The Hall–Kier alpha value is -0.930. The highest BCUT2D eigenvalue weighted by Gasteiger charge is 2.41. The van der Waals surface area contributed by atoms with Gasteiger partial charge < -0.3 is 0 Å². The largest absolute Gasteiger partial charge is 0.242 e. The third kappa shape index (κ3) is 3.27. The van der Waals surface area contributed by atoms with E-state index in [0.717, 1.165) is 6.54 Å². The number of rotatable bonds is 3. The fourth-order valence-corrected chi connectivity index (χ4v) is 2.93. The minimum atomic E-state index is -0.884. The van der Waals surface area contributed by atoms with Crippen molar-refractivity contribution in [2.75, 3.05) is 6.54 Å². The monoisotopic (exact) mass is 249 g/mol. The van der Waals surface area contributed by atoms with Crippen LogP contribution in [0.4, 0.5) is 0 Å². The molecule has 0 aliphatic carbocycles. The fraction of sp³-hybridized carbons (Fsp3) is 0.429. The van der Waals surface area contributed by atoms with E-state index in [1.165, 1.54) is 5.56 Å². The molecule has 1 aliphatic heterocycles. The first-order chi connectivity index (χ1) is 7.98. The van der Waals surface area contributed by atoms with Gasteiger partial charge in [-0.05, 0) is 26.3 Å². The van der Waals surface area contributed by atoms with Gasteiger partial charge in [-0.3, -0.25) is 0 Å². The third-order valence-corrected chi connectivity index (χ3v) is 4.54. The second-order valence-electron chi connectivity index (χ2n) is 5.30. The lowest BCUT2D eigenvalue weighted by molar-refractivity contribution is 0.612. The van der Waals surface area contributed by atoms with E-state index in [0.29, 0.717) is 6.04 Å². The van der Waals surface area contributed by atoms with Crippen LogP contribution in [-0.4, -0.2) is 25.8 Å². The highest BCUT2D eigenvalue weighted by Crippen LogP contribution is 2.28. The third-order valence-electron chi connectivity index (χ3n) is 2.65. The van der Waals surface area contributed by atoms with Crippen molar-refractivity contribution in [1.29, 1.82) is 0 Å². The molecule has 0 N–H and O–H groups in total. The lowest BCUT2D eigenvalue weighted by Crippen LogP contribution is -2.27. The molecule has 17 heavy (non-hydrogen) atoms. The lowest BCUT2D eigenvalue weighted by atomic mass is 10.2. The topological polar surface area (TPSA) is 20.1 Å². The molecule has 1 fully saturated rings. The smallest absolute Gasteiger partial charge is 0.100 e. The molecule has 1 aromatic carbocycles. The molecule has 1 heterocycles. The van der Waals surface area contributed by atoms with Crippen LogP contribution in [0, 0.1) is 0 Å². The molecule has 3 heteroatoms. The van der Waals surface area contributed by atoms with Gasteiger partial charge in [0, 0.05) is 6.54 Å². The Morgan fingerprint density at radius 3 is 2.53 bits per heavy atom. The lowest BCUT2D eigenvalue weighted by Gasteiger charge is -2.17. The molecule has 3 atom stereocenters. The predicted octanol–water partition coefficient (Wildman–Crippen LogP) is 2.85. The Bertz CT molecular complexity index is 433. The summed E-state index contributed by atoms with van der Waals surface area (Å²) in [6.07, 6.45) is 4.24. The van der Waals surface area contributed by atoms with Crippen molar-refractivity contribution in [2.24, 2.45) is 0 Å². The predicted molar refractivity (Wildman–Crippen MR) is 73.9 cm³/mol. The number of benzene rings is 1. The van der Waals surface area contributed by atoms with Crippen molar-refractivity contribution < 1.29 is 4.21 Å². The first-order valence-electron chi connectivity index (χ1n) is 5.90. The molecular weight excluding hydrogens is 230 g/mol. The summed E-state index contributed by atoms with van der Waals surface area (Å²) in [6, 6.07) is 10.5. The van der Waals surface area contributed by atoms with Gasteiger partial charge in [-0.15, -0.1) is 0 Å². The van der Waals surface area contributed by atoms with E-state index in [1.54, 1.807) is 0 Å². The maximum Gasteiger partial charge on any atom is 0.100 e. The van der Waals surface area contributed by atoms with Gasteiger partial charge >= 0.3 is 0 Å². The molecule has 0 radical (unpaired) electrons. The molecule has 2 nitrogen and oxygen atoms in total. The van der Waals surface area contributed by atoms with Crippen LogP contribution in [0.3, 0.4) is 0 Å². The van der Waals surface area contributed by atoms with Crippen LogP contribution in [0.1, 0.15) is 26.3 Å². The van der Waals surface area contributed by atoms with Gasteiger partial charge in [-0.2, -0.15) is 0 Å². The highest BCUT2D eigenvalue weighted by molar-refractivity contribution is 7.84. The summed E-state index contributed by atoms with van der Waals surface area (Å²) in [7, 11) is -0.884. The standard InChI is InChI=1S/C14H19NOS/c1-14(2,3)17(16)15-11-13(15)10-9-12-7-5-4-6-8-12/h4-10,13H,11H2,1-3H3/b10-9+/t13-,15?,17+/m0/s1. The van der Waals surface area contributed by atoms with Crippen molar-refractivity contribution in [1.82, 2.24) is 4.31 Å². The van der Waals surface area contributed by atoms with Crippen molar-refractivity contribution in [3.63, 3.8) is 0 Å². The Balaban J connectivity index is 1.93. The Morgan fingerprint density at radius 1 is 1.29 bits per heavy atom. The molecule has 92 valence electrons. The van der Waals surface area contributed by atoms with Gasteiger partial charge in [0.25, 0.3) is 0 Å². The quantitative estimate of drug-likeness (QED) is 0.754. The van der Waals surface area contributed by atoms with E-state index in [-0.39, 0.29) is 4.75 Å². The minimum Gasteiger partial charge on any atom is -0.242 e. The normalized spacial score (nSPS) is 26.1. The summed E-state index contributed by atoms with van der Waals surface area (Å²) in [6.45, 7) is 6.95. The molecule has 0 saturated carbocycles. The van der Waals surface area contributed by atoms with Crippen molar-refractivity contribution in [2.45, 2.75) is 31.6 Å². The summed E-state index contributed by atoms with van der Waals surface area (Å²) in [5.74, 6) is 0. The number of hydrogen-bond donors (Lipinski definition) is 0. The zero-order valence-corrected chi connectivity index (χ0v) is 11.4. The summed E-state index contributed by atoms with van der Waals surface area (Å²) in [5.41, 5.74) is 1.20. The Labute approximate surface area is 106 Å². The van der Waals surface area contributed by atoms with Gasteiger partial charge in [0.05, 0.1) is 10.8 Å². The Morgan fingerprint density at radius 2 is 1.94 bits per heavy atom. The van der Waals surface area contributed by atoms with Gasteiger partial charge in [0.1, 0.15) is 11.0 Å². The second-order valence-corrected chi connectivity index (χ2v) is 7.49. The van der Waals surface area contributed by atoms with Gasteiger partial charge in [-0.1, -0.05) is 42.5 Å². The van der Waals surface area contributed by atoms with E-state index < -0.39 is 11.0 Å². The SMILES string of the molecule is CC(C)(C)[S@@](=O)N1C[C@@H]1/C=C/c1ccccc1. The molecule has 0 amide bonds.